The number of nitro benzene ring substituents is 1. The fourth-order valence-corrected chi connectivity index (χ4v) is 4.53. The molecule has 0 heterocycles. The lowest BCUT2D eigenvalue weighted by molar-refractivity contribution is -0.387. The summed E-state index contributed by atoms with van der Waals surface area (Å²) < 4.78 is 34.2. The first kappa shape index (κ1) is 19.6. The zero-order chi connectivity index (χ0) is 21.3. The average molecular weight is 425 g/mol. The molecule has 0 amide bonds. The van der Waals surface area contributed by atoms with Crippen LogP contribution in [0.15, 0.2) is 77.7 Å². The van der Waals surface area contributed by atoms with Crippen LogP contribution in [0.4, 0.5) is 10.5 Å². The van der Waals surface area contributed by atoms with Gasteiger partial charge in [0, 0.05) is 12.0 Å². The Hall–Kier alpha value is -3.72. The zero-order valence-electron chi connectivity index (χ0n) is 15.4. The van der Waals surface area contributed by atoms with Gasteiger partial charge in [0.15, 0.2) is 4.90 Å². The summed E-state index contributed by atoms with van der Waals surface area (Å²) in [7, 11) is -4.72. The maximum atomic E-state index is 12.3. The fourth-order valence-electron chi connectivity index (χ4n) is 3.57. The van der Waals surface area contributed by atoms with Crippen molar-refractivity contribution in [3.8, 4) is 11.1 Å². The second kappa shape index (κ2) is 7.60. The Morgan fingerprint density at radius 3 is 2.03 bits per heavy atom. The monoisotopic (exact) mass is 425 g/mol. The Labute approximate surface area is 172 Å². The molecule has 0 spiro atoms. The smallest absolute Gasteiger partial charge is 0.432 e. The largest absolute Gasteiger partial charge is 0.524 e. The molecule has 0 bridgehead atoms. The Kier molecular flexibility index (Phi) is 4.96. The molecule has 0 saturated heterocycles. The van der Waals surface area contributed by atoms with E-state index in [1.54, 1.807) is 0 Å². The SMILES string of the molecule is O=C(OCC1c2ccccc2-c2ccccc21)OS(=O)(=O)c1ccccc1[N+](=O)[O-]. The van der Waals surface area contributed by atoms with Crippen molar-refractivity contribution >= 4 is 22.0 Å². The van der Waals surface area contributed by atoms with E-state index in [1.807, 2.05) is 48.5 Å². The maximum absolute atomic E-state index is 12.3. The third-order valence-corrected chi connectivity index (χ3v) is 6.08. The minimum Gasteiger partial charge on any atom is -0.432 e. The number of para-hydroxylation sites is 1. The van der Waals surface area contributed by atoms with Crippen molar-refractivity contribution in [2.24, 2.45) is 0 Å². The summed E-state index contributed by atoms with van der Waals surface area (Å²) in [6.07, 6.45) is -1.45. The average Bonchev–Trinajstić information content (AvgIpc) is 3.06. The third-order valence-electron chi connectivity index (χ3n) is 4.84. The number of fused-ring (bicyclic) bond motifs is 3. The molecule has 0 unspecified atom stereocenters. The molecule has 3 aromatic rings. The van der Waals surface area contributed by atoms with Crippen LogP contribution in [0, 0.1) is 10.1 Å². The van der Waals surface area contributed by atoms with Crippen molar-refractivity contribution in [1.29, 1.82) is 0 Å². The maximum Gasteiger partial charge on any atom is 0.524 e. The number of carbonyl (C=O) groups excluding carboxylic acids is 1. The highest BCUT2D eigenvalue weighted by atomic mass is 32.2. The highest BCUT2D eigenvalue weighted by Crippen LogP contribution is 2.44. The highest BCUT2D eigenvalue weighted by molar-refractivity contribution is 7.87. The number of hydrogen-bond acceptors (Lipinski definition) is 7. The molecular formula is C21H15NO7S. The molecule has 1 aliphatic rings. The Morgan fingerprint density at radius 2 is 1.43 bits per heavy atom. The highest BCUT2D eigenvalue weighted by Gasteiger charge is 2.32. The van der Waals surface area contributed by atoms with Crippen LogP contribution in [-0.2, 0) is 19.0 Å². The van der Waals surface area contributed by atoms with Gasteiger partial charge in [-0.3, -0.25) is 10.1 Å². The normalized spacial score (nSPS) is 12.7. The molecule has 9 heteroatoms. The predicted molar refractivity (Wildman–Crippen MR) is 106 cm³/mol. The number of benzene rings is 3. The number of rotatable bonds is 5. The van der Waals surface area contributed by atoms with E-state index in [2.05, 4.69) is 4.18 Å². The zero-order valence-corrected chi connectivity index (χ0v) is 16.2. The van der Waals surface area contributed by atoms with Gasteiger partial charge in [-0.1, -0.05) is 60.7 Å². The molecule has 0 fully saturated rings. The van der Waals surface area contributed by atoms with Crippen LogP contribution in [-0.4, -0.2) is 26.1 Å². The number of hydrogen-bond donors (Lipinski definition) is 0. The Bertz CT molecular complexity index is 1210. The lowest BCUT2D eigenvalue weighted by atomic mass is 9.98. The molecule has 0 atom stereocenters. The van der Waals surface area contributed by atoms with Crippen molar-refractivity contribution in [2.75, 3.05) is 6.61 Å². The van der Waals surface area contributed by atoms with Gasteiger partial charge in [-0.05, 0) is 28.3 Å². The molecule has 0 N–H and O–H groups in total. The minimum atomic E-state index is -4.72. The van der Waals surface area contributed by atoms with Crippen molar-refractivity contribution in [2.45, 2.75) is 10.8 Å². The minimum absolute atomic E-state index is 0.140. The first-order chi connectivity index (χ1) is 14.4. The van der Waals surface area contributed by atoms with E-state index >= 15 is 0 Å². The van der Waals surface area contributed by atoms with Gasteiger partial charge in [0.25, 0.3) is 5.69 Å². The number of nitro groups is 1. The topological polar surface area (TPSA) is 113 Å². The molecule has 0 aliphatic heterocycles. The fraction of sp³-hybridized carbons (Fsp3) is 0.0952. The predicted octanol–water partition coefficient (Wildman–Crippen LogP) is 4.25. The lowest BCUT2D eigenvalue weighted by Gasteiger charge is -2.14. The molecular weight excluding hydrogens is 410 g/mol. The van der Waals surface area contributed by atoms with Gasteiger partial charge < -0.3 is 8.92 Å². The van der Waals surface area contributed by atoms with E-state index in [9.17, 15) is 23.3 Å². The van der Waals surface area contributed by atoms with Crippen LogP contribution in [0.1, 0.15) is 17.0 Å². The van der Waals surface area contributed by atoms with Crippen molar-refractivity contribution in [3.05, 3.63) is 94.0 Å². The summed E-state index contributed by atoms with van der Waals surface area (Å²) in [5.74, 6) is -0.279. The number of ether oxygens (including phenoxy) is 1. The van der Waals surface area contributed by atoms with Crippen LogP contribution >= 0.6 is 0 Å². The van der Waals surface area contributed by atoms with Gasteiger partial charge in [-0.2, -0.15) is 8.42 Å². The molecule has 8 nitrogen and oxygen atoms in total. The molecule has 0 aromatic heterocycles. The standard InChI is InChI=1S/C21H15NO7S/c23-21(29-30(26,27)20-12-6-5-11-19(20)22(24)25)28-13-18-16-9-3-1-7-14(16)15-8-2-4-10-17(15)18/h1-12,18H,13H2. The van der Waals surface area contributed by atoms with Gasteiger partial charge >= 0.3 is 16.3 Å². The van der Waals surface area contributed by atoms with Gasteiger partial charge in [-0.25, -0.2) is 4.79 Å². The molecule has 3 aromatic carbocycles. The van der Waals surface area contributed by atoms with Crippen LogP contribution in [0.25, 0.3) is 11.1 Å². The van der Waals surface area contributed by atoms with Gasteiger partial charge in [-0.15, -0.1) is 0 Å². The van der Waals surface area contributed by atoms with Crippen LogP contribution in [0.5, 0.6) is 0 Å². The molecule has 30 heavy (non-hydrogen) atoms. The number of carbonyl (C=O) groups is 1. The van der Waals surface area contributed by atoms with Crippen LogP contribution < -0.4 is 0 Å². The van der Waals surface area contributed by atoms with Gasteiger partial charge in [0.1, 0.15) is 6.61 Å². The van der Waals surface area contributed by atoms with Crippen molar-refractivity contribution in [1.82, 2.24) is 0 Å². The summed E-state index contributed by atoms with van der Waals surface area (Å²) >= 11 is 0. The van der Waals surface area contributed by atoms with E-state index in [1.165, 1.54) is 12.1 Å². The van der Waals surface area contributed by atoms with Crippen molar-refractivity contribution in [3.63, 3.8) is 0 Å². The van der Waals surface area contributed by atoms with Gasteiger partial charge in [0.2, 0.25) is 0 Å². The number of nitrogens with zero attached hydrogens (tertiary/aromatic N) is 1. The first-order valence-corrected chi connectivity index (χ1v) is 10.3. The molecule has 4 rings (SSSR count). The molecule has 0 saturated carbocycles. The third kappa shape index (κ3) is 3.50. The summed E-state index contributed by atoms with van der Waals surface area (Å²) in [5, 5.41) is 11.1. The van der Waals surface area contributed by atoms with Crippen LogP contribution in [0.3, 0.4) is 0 Å². The van der Waals surface area contributed by atoms with E-state index in [0.717, 1.165) is 34.4 Å². The summed E-state index contributed by atoms with van der Waals surface area (Å²) in [5.41, 5.74) is 3.25. The van der Waals surface area contributed by atoms with Crippen LogP contribution in [0.2, 0.25) is 0 Å². The summed E-state index contributed by atoms with van der Waals surface area (Å²) in [6, 6.07) is 19.9. The van der Waals surface area contributed by atoms with E-state index in [0.29, 0.717) is 0 Å². The second-order valence-corrected chi connectivity index (χ2v) is 8.07. The van der Waals surface area contributed by atoms with E-state index in [-0.39, 0.29) is 12.5 Å². The lowest BCUT2D eigenvalue weighted by Crippen LogP contribution is -2.18. The quantitative estimate of drug-likeness (QED) is 0.260. The van der Waals surface area contributed by atoms with Gasteiger partial charge in [0.05, 0.1) is 4.92 Å². The van der Waals surface area contributed by atoms with Crippen molar-refractivity contribution < 1.29 is 27.1 Å². The first-order valence-electron chi connectivity index (χ1n) is 8.91. The van der Waals surface area contributed by atoms with E-state index in [4.69, 9.17) is 4.74 Å². The summed E-state index contributed by atoms with van der Waals surface area (Å²) in [4.78, 5) is 21.6. The Morgan fingerprint density at radius 1 is 0.900 bits per heavy atom. The molecule has 0 radical (unpaired) electrons. The summed E-state index contributed by atoms with van der Waals surface area (Å²) in [6.45, 7) is -0.140. The molecule has 152 valence electrons. The Balaban J connectivity index is 1.52. The van der Waals surface area contributed by atoms with E-state index < -0.39 is 31.8 Å². The molecule has 1 aliphatic carbocycles. The second-order valence-electron chi connectivity index (χ2n) is 6.55.